The highest BCUT2D eigenvalue weighted by atomic mass is 32.2. The lowest BCUT2D eigenvalue weighted by molar-refractivity contribution is -0.129. The van der Waals surface area contributed by atoms with E-state index in [1.54, 1.807) is 11.0 Å². The van der Waals surface area contributed by atoms with Crippen LogP contribution in [0.1, 0.15) is 5.69 Å². The molecule has 0 N–H and O–H groups in total. The maximum atomic E-state index is 13.0. The van der Waals surface area contributed by atoms with Crippen molar-refractivity contribution in [2.75, 3.05) is 45.1 Å². The van der Waals surface area contributed by atoms with Crippen molar-refractivity contribution < 1.29 is 22.7 Å². The van der Waals surface area contributed by atoms with Crippen LogP contribution in [0.5, 0.6) is 11.5 Å². The van der Waals surface area contributed by atoms with Crippen molar-refractivity contribution in [3.8, 4) is 11.5 Å². The first kappa shape index (κ1) is 20.5. The minimum absolute atomic E-state index is 0.000712. The maximum absolute atomic E-state index is 13.0. The molecule has 3 heterocycles. The summed E-state index contributed by atoms with van der Waals surface area (Å²) in [7, 11) is -3.65. The Labute approximate surface area is 177 Å². The molecule has 0 bridgehead atoms. The summed E-state index contributed by atoms with van der Waals surface area (Å²) in [6, 6.07) is 4.67. The minimum atomic E-state index is -3.65. The molecule has 0 spiro atoms. The standard InChI is InChI=1S/C18H21N3O5S3/c1-13-11-27-18(19-13)28-12-17(22)20-4-6-21(7-5-20)29(23,24)14-2-3-15-16(10-14)26-9-8-25-15/h2-3,10-11H,4-9,12H2,1H3. The number of piperazine rings is 1. The van der Waals surface area contributed by atoms with Crippen LogP contribution in [0.15, 0.2) is 32.8 Å². The molecular weight excluding hydrogens is 434 g/mol. The molecule has 2 aliphatic rings. The van der Waals surface area contributed by atoms with Crippen LogP contribution in [0.3, 0.4) is 0 Å². The predicted molar refractivity (Wildman–Crippen MR) is 110 cm³/mol. The molecule has 1 amide bonds. The molecule has 11 heteroatoms. The van der Waals surface area contributed by atoms with E-state index in [-0.39, 0.29) is 23.9 Å². The topological polar surface area (TPSA) is 89.0 Å². The van der Waals surface area contributed by atoms with Crippen molar-refractivity contribution in [2.45, 2.75) is 16.2 Å². The lowest BCUT2D eigenvalue weighted by Crippen LogP contribution is -2.50. The van der Waals surface area contributed by atoms with Crippen LogP contribution in [0.2, 0.25) is 0 Å². The molecule has 2 aliphatic heterocycles. The van der Waals surface area contributed by atoms with Crippen LogP contribution < -0.4 is 9.47 Å². The van der Waals surface area contributed by atoms with Crippen molar-refractivity contribution in [2.24, 2.45) is 0 Å². The monoisotopic (exact) mass is 455 g/mol. The first-order valence-corrected chi connectivity index (χ1v) is 12.5. The van der Waals surface area contributed by atoms with E-state index >= 15 is 0 Å². The van der Waals surface area contributed by atoms with Gasteiger partial charge >= 0.3 is 0 Å². The highest BCUT2D eigenvalue weighted by Gasteiger charge is 2.31. The van der Waals surface area contributed by atoms with Crippen molar-refractivity contribution in [1.29, 1.82) is 0 Å². The summed E-state index contributed by atoms with van der Waals surface area (Å²) in [5.41, 5.74) is 0.947. The Bertz CT molecular complexity index is 1000. The largest absolute Gasteiger partial charge is 0.486 e. The van der Waals surface area contributed by atoms with Gasteiger partial charge in [-0.05, 0) is 19.1 Å². The molecule has 0 unspecified atom stereocenters. The van der Waals surface area contributed by atoms with Crippen LogP contribution in [-0.2, 0) is 14.8 Å². The molecule has 1 aromatic carbocycles. The van der Waals surface area contributed by atoms with E-state index in [0.717, 1.165) is 10.0 Å². The van der Waals surface area contributed by atoms with Gasteiger partial charge in [-0.15, -0.1) is 11.3 Å². The van der Waals surface area contributed by atoms with E-state index in [1.807, 2.05) is 12.3 Å². The second-order valence-electron chi connectivity index (χ2n) is 6.63. The smallest absolute Gasteiger partial charge is 0.243 e. The number of aryl methyl sites for hydroxylation is 1. The molecule has 0 aliphatic carbocycles. The highest BCUT2D eigenvalue weighted by Crippen LogP contribution is 2.33. The zero-order valence-electron chi connectivity index (χ0n) is 15.9. The predicted octanol–water partition coefficient (Wildman–Crippen LogP) is 1.85. The van der Waals surface area contributed by atoms with Gasteiger partial charge in [0.25, 0.3) is 0 Å². The van der Waals surface area contributed by atoms with E-state index in [9.17, 15) is 13.2 Å². The molecule has 1 fully saturated rings. The van der Waals surface area contributed by atoms with E-state index < -0.39 is 10.0 Å². The molecule has 29 heavy (non-hydrogen) atoms. The molecule has 0 radical (unpaired) electrons. The van der Waals surface area contributed by atoms with E-state index in [4.69, 9.17) is 9.47 Å². The molecule has 1 aromatic heterocycles. The van der Waals surface area contributed by atoms with Crippen molar-refractivity contribution in [3.63, 3.8) is 0 Å². The van der Waals surface area contributed by atoms with Gasteiger partial charge in [-0.1, -0.05) is 11.8 Å². The molecule has 8 nitrogen and oxygen atoms in total. The summed E-state index contributed by atoms with van der Waals surface area (Å²) < 4.78 is 39.2. The van der Waals surface area contributed by atoms with Gasteiger partial charge in [0, 0.05) is 43.3 Å². The molecule has 4 rings (SSSR count). The normalized spacial score (nSPS) is 17.3. The van der Waals surface area contributed by atoms with Gasteiger partial charge in [-0.2, -0.15) is 4.31 Å². The zero-order valence-corrected chi connectivity index (χ0v) is 18.3. The summed E-state index contributed by atoms with van der Waals surface area (Å²) in [6.07, 6.45) is 0. The minimum Gasteiger partial charge on any atom is -0.486 e. The lowest BCUT2D eigenvalue weighted by atomic mass is 10.3. The Morgan fingerprint density at radius 3 is 2.59 bits per heavy atom. The van der Waals surface area contributed by atoms with Crippen LogP contribution >= 0.6 is 23.1 Å². The van der Waals surface area contributed by atoms with Gasteiger partial charge < -0.3 is 14.4 Å². The number of thiazole rings is 1. The summed E-state index contributed by atoms with van der Waals surface area (Å²) in [5.74, 6) is 1.31. The number of thioether (sulfide) groups is 1. The maximum Gasteiger partial charge on any atom is 0.243 e. The fourth-order valence-electron chi connectivity index (χ4n) is 3.12. The number of sulfonamides is 1. The van der Waals surface area contributed by atoms with Gasteiger partial charge in [0.1, 0.15) is 13.2 Å². The first-order chi connectivity index (χ1) is 13.9. The number of carbonyl (C=O) groups excluding carboxylic acids is 1. The van der Waals surface area contributed by atoms with Gasteiger partial charge in [0.15, 0.2) is 15.8 Å². The van der Waals surface area contributed by atoms with Gasteiger partial charge in [0.05, 0.1) is 10.6 Å². The van der Waals surface area contributed by atoms with Crippen molar-refractivity contribution >= 4 is 39.0 Å². The van der Waals surface area contributed by atoms with Crippen LogP contribution in [0.25, 0.3) is 0 Å². The van der Waals surface area contributed by atoms with Gasteiger partial charge in [-0.25, -0.2) is 13.4 Å². The molecule has 156 valence electrons. The quantitative estimate of drug-likeness (QED) is 0.636. The zero-order chi connectivity index (χ0) is 20.4. The summed E-state index contributed by atoms with van der Waals surface area (Å²) >= 11 is 2.94. The Morgan fingerprint density at radius 2 is 1.90 bits per heavy atom. The number of nitrogens with zero attached hydrogens (tertiary/aromatic N) is 3. The number of hydrogen-bond donors (Lipinski definition) is 0. The Hall–Kier alpha value is -1.82. The molecule has 2 aromatic rings. The van der Waals surface area contributed by atoms with Crippen LogP contribution in [0, 0.1) is 6.92 Å². The molecular formula is C18H21N3O5S3. The third kappa shape index (κ3) is 4.52. The number of hydrogen-bond acceptors (Lipinski definition) is 8. The highest BCUT2D eigenvalue weighted by molar-refractivity contribution is 8.01. The average molecular weight is 456 g/mol. The number of rotatable bonds is 5. The molecule has 0 saturated carbocycles. The van der Waals surface area contributed by atoms with Gasteiger partial charge in [0.2, 0.25) is 15.9 Å². The number of carbonyl (C=O) groups is 1. The first-order valence-electron chi connectivity index (χ1n) is 9.16. The van der Waals surface area contributed by atoms with Crippen molar-refractivity contribution in [3.05, 3.63) is 29.3 Å². The second kappa shape index (κ2) is 8.50. The summed E-state index contributed by atoms with van der Waals surface area (Å²) in [5, 5.41) is 1.95. The van der Waals surface area contributed by atoms with Crippen LogP contribution in [0.4, 0.5) is 0 Å². The Kier molecular flexibility index (Phi) is 6.00. The number of amides is 1. The number of fused-ring (bicyclic) bond motifs is 1. The van der Waals surface area contributed by atoms with E-state index in [2.05, 4.69) is 4.98 Å². The third-order valence-electron chi connectivity index (χ3n) is 4.66. The lowest BCUT2D eigenvalue weighted by Gasteiger charge is -2.34. The Balaban J connectivity index is 1.35. The number of aromatic nitrogens is 1. The number of ether oxygens (including phenoxy) is 2. The molecule has 1 saturated heterocycles. The average Bonchev–Trinajstić information content (AvgIpc) is 3.17. The van der Waals surface area contributed by atoms with Gasteiger partial charge in [-0.3, -0.25) is 4.79 Å². The Morgan fingerprint density at radius 1 is 1.17 bits per heavy atom. The van der Waals surface area contributed by atoms with Crippen molar-refractivity contribution in [1.82, 2.24) is 14.2 Å². The fourth-order valence-corrected chi connectivity index (χ4v) is 6.31. The molecule has 0 atom stereocenters. The second-order valence-corrected chi connectivity index (χ2v) is 10.7. The summed E-state index contributed by atoms with van der Waals surface area (Å²) in [4.78, 5) is 18.7. The fraction of sp³-hybridized carbons (Fsp3) is 0.444. The van der Waals surface area contributed by atoms with Crippen LogP contribution in [-0.4, -0.2) is 73.7 Å². The van der Waals surface area contributed by atoms with E-state index in [1.165, 1.54) is 39.5 Å². The number of benzene rings is 1. The third-order valence-corrected chi connectivity index (χ3v) is 8.68. The summed E-state index contributed by atoms with van der Waals surface area (Å²) in [6.45, 7) is 4.06. The van der Waals surface area contributed by atoms with E-state index in [0.29, 0.717) is 43.6 Å². The SMILES string of the molecule is Cc1csc(SCC(=O)N2CCN(S(=O)(=O)c3ccc4c(c3)OCCO4)CC2)n1.